The fraction of sp³-hybridized carbons (Fsp3) is 0.400. The van der Waals surface area contributed by atoms with Crippen LogP contribution in [0.2, 0.25) is 0 Å². The van der Waals surface area contributed by atoms with E-state index in [-0.39, 0.29) is 6.03 Å². The Balaban J connectivity index is 1.54. The number of amides is 2. The number of carbonyl (C=O) groups excluding carboxylic acids is 1. The van der Waals surface area contributed by atoms with Crippen LogP contribution in [0.1, 0.15) is 30.9 Å². The van der Waals surface area contributed by atoms with E-state index in [1.54, 1.807) is 12.4 Å². The second-order valence-electron chi connectivity index (χ2n) is 6.70. The van der Waals surface area contributed by atoms with E-state index in [1.807, 2.05) is 17.0 Å². The smallest absolute Gasteiger partial charge is 0.317 e. The Bertz CT molecular complexity index is 694. The quantitative estimate of drug-likeness (QED) is 0.931. The van der Waals surface area contributed by atoms with E-state index < -0.39 is 0 Å². The first-order valence-corrected chi connectivity index (χ1v) is 8.90. The summed E-state index contributed by atoms with van der Waals surface area (Å²) in [5.41, 5.74) is 3.74. The molecule has 5 heteroatoms. The van der Waals surface area contributed by atoms with Crippen LogP contribution in [0.3, 0.4) is 0 Å². The number of nitrogens with zero attached hydrogens (tertiary/aromatic N) is 3. The largest absolute Gasteiger partial charge is 0.368 e. The highest BCUT2D eigenvalue weighted by molar-refractivity contribution is 5.74. The van der Waals surface area contributed by atoms with E-state index in [0.717, 1.165) is 31.7 Å². The van der Waals surface area contributed by atoms with Crippen LogP contribution in [0.4, 0.5) is 10.5 Å². The van der Waals surface area contributed by atoms with E-state index in [9.17, 15) is 4.79 Å². The van der Waals surface area contributed by atoms with Gasteiger partial charge in [0.15, 0.2) is 0 Å². The second kappa shape index (κ2) is 8.01. The van der Waals surface area contributed by atoms with Gasteiger partial charge in [0, 0.05) is 50.8 Å². The van der Waals surface area contributed by atoms with Crippen molar-refractivity contribution < 1.29 is 4.79 Å². The highest BCUT2D eigenvalue weighted by atomic mass is 16.2. The van der Waals surface area contributed by atoms with Crippen molar-refractivity contribution in [3.63, 3.8) is 0 Å². The minimum Gasteiger partial charge on any atom is -0.368 e. The molecule has 5 nitrogen and oxygen atoms in total. The maximum Gasteiger partial charge on any atom is 0.317 e. The molecule has 2 aromatic rings. The van der Waals surface area contributed by atoms with Crippen LogP contribution in [0.5, 0.6) is 0 Å². The summed E-state index contributed by atoms with van der Waals surface area (Å²) in [6, 6.07) is 12.4. The fourth-order valence-corrected chi connectivity index (χ4v) is 3.20. The fourth-order valence-electron chi connectivity index (χ4n) is 3.20. The van der Waals surface area contributed by atoms with Gasteiger partial charge in [-0.25, -0.2) is 4.79 Å². The molecular formula is C20H26N4O. The molecule has 1 aromatic carbocycles. The van der Waals surface area contributed by atoms with Gasteiger partial charge in [0.2, 0.25) is 0 Å². The molecule has 25 heavy (non-hydrogen) atoms. The first kappa shape index (κ1) is 17.3. The number of carbonyl (C=O) groups is 1. The standard InChI is InChI=1S/C20H26N4O/c1-16(2)18-5-3-4-6-19(18)23-11-13-24(14-12-23)20(25)22-15-17-7-9-21-10-8-17/h3-10,16H,11-15H2,1-2H3,(H,22,25). The first-order valence-electron chi connectivity index (χ1n) is 8.90. The number of piperazine rings is 1. The number of hydrogen-bond donors (Lipinski definition) is 1. The Morgan fingerprint density at radius 2 is 1.76 bits per heavy atom. The second-order valence-corrected chi connectivity index (χ2v) is 6.70. The van der Waals surface area contributed by atoms with Gasteiger partial charge in [-0.3, -0.25) is 4.98 Å². The molecule has 1 saturated heterocycles. The molecule has 2 amide bonds. The monoisotopic (exact) mass is 338 g/mol. The Kier molecular flexibility index (Phi) is 5.53. The zero-order valence-electron chi connectivity index (χ0n) is 15.0. The van der Waals surface area contributed by atoms with Crippen LogP contribution in [-0.2, 0) is 6.54 Å². The van der Waals surface area contributed by atoms with Crippen molar-refractivity contribution in [3.8, 4) is 0 Å². The van der Waals surface area contributed by atoms with Crippen molar-refractivity contribution in [2.24, 2.45) is 0 Å². The number of para-hydroxylation sites is 1. The molecule has 1 aliphatic heterocycles. The van der Waals surface area contributed by atoms with Crippen molar-refractivity contribution in [2.45, 2.75) is 26.3 Å². The zero-order valence-corrected chi connectivity index (χ0v) is 15.0. The molecule has 0 spiro atoms. The summed E-state index contributed by atoms with van der Waals surface area (Å²) in [7, 11) is 0. The number of aromatic nitrogens is 1. The van der Waals surface area contributed by atoms with Crippen LogP contribution >= 0.6 is 0 Å². The summed E-state index contributed by atoms with van der Waals surface area (Å²) in [6.45, 7) is 8.21. The van der Waals surface area contributed by atoms with Gasteiger partial charge in [-0.1, -0.05) is 32.0 Å². The van der Waals surface area contributed by atoms with Crippen LogP contribution in [0.25, 0.3) is 0 Å². The summed E-state index contributed by atoms with van der Waals surface area (Å²) in [4.78, 5) is 20.6. The molecule has 1 aromatic heterocycles. The molecule has 1 fully saturated rings. The summed E-state index contributed by atoms with van der Waals surface area (Å²) >= 11 is 0. The summed E-state index contributed by atoms with van der Waals surface area (Å²) in [5, 5.41) is 2.99. The normalized spacial score (nSPS) is 14.7. The number of hydrogen-bond acceptors (Lipinski definition) is 3. The lowest BCUT2D eigenvalue weighted by atomic mass is 10.00. The molecule has 0 radical (unpaired) electrons. The van der Waals surface area contributed by atoms with E-state index in [2.05, 4.69) is 53.3 Å². The number of pyridine rings is 1. The Labute approximate surface area is 149 Å². The molecule has 0 atom stereocenters. The number of rotatable bonds is 4. The first-order chi connectivity index (χ1) is 12.1. The average Bonchev–Trinajstić information content (AvgIpc) is 2.67. The van der Waals surface area contributed by atoms with Crippen molar-refractivity contribution in [1.29, 1.82) is 0 Å². The van der Waals surface area contributed by atoms with Crippen molar-refractivity contribution in [2.75, 3.05) is 31.1 Å². The van der Waals surface area contributed by atoms with Gasteiger partial charge in [0.05, 0.1) is 0 Å². The van der Waals surface area contributed by atoms with Crippen LogP contribution in [0.15, 0.2) is 48.8 Å². The lowest BCUT2D eigenvalue weighted by Gasteiger charge is -2.37. The van der Waals surface area contributed by atoms with E-state index in [0.29, 0.717) is 12.5 Å². The van der Waals surface area contributed by atoms with Gasteiger partial charge >= 0.3 is 6.03 Å². The third-order valence-corrected chi connectivity index (χ3v) is 4.66. The lowest BCUT2D eigenvalue weighted by molar-refractivity contribution is 0.194. The minimum absolute atomic E-state index is 0.00797. The minimum atomic E-state index is 0.00797. The molecule has 0 unspecified atom stereocenters. The maximum atomic E-state index is 12.4. The predicted octanol–water partition coefficient (Wildman–Crippen LogP) is 3.24. The molecule has 0 bridgehead atoms. The summed E-state index contributed by atoms with van der Waals surface area (Å²) < 4.78 is 0. The maximum absolute atomic E-state index is 12.4. The van der Waals surface area contributed by atoms with Gasteiger partial charge in [0.1, 0.15) is 0 Å². The highest BCUT2D eigenvalue weighted by Gasteiger charge is 2.22. The number of urea groups is 1. The third kappa shape index (κ3) is 4.29. The van der Waals surface area contributed by atoms with E-state index in [4.69, 9.17) is 0 Å². The predicted molar refractivity (Wildman–Crippen MR) is 101 cm³/mol. The van der Waals surface area contributed by atoms with Gasteiger partial charge in [-0.15, -0.1) is 0 Å². The number of nitrogens with one attached hydrogen (secondary N) is 1. The average molecular weight is 338 g/mol. The van der Waals surface area contributed by atoms with Crippen molar-refractivity contribution in [3.05, 3.63) is 59.9 Å². The SMILES string of the molecule is CC(C)c1ccccc1N1CCN(C(=O)NCc2ccncc2)CC1. The van der Waals surface area contributed by atoms with Gasteiger partial charge in [-0.05, 0) is 35.2 Å². The third-order valence-electron chi connectivity index (χ3n) is 4.66. The topological polar surface area (TPSA) is 48.5 Å². The van der Waals surface area contributed by atoms with E-state index >= 15 is 0 Å². The van der Waals surface area contributed by atoms with Crippen LogP contribution in [0, 0.1) is 0 Å². The Morgan fingerprint density at radius 3 is 2.44 bits per heavy atom. The lowest BCUT2D eigenvalue weighted by Crippen LogP contribution is -2.51. The van der Waals surface area contributed by atoms with Crippen molar-refractivity contribution >= 4 is 11.7 Å². The highest BCUT2D eigenvalue weighted by Crippen LogP contribution is 2.28. The molecular weight excluding hydrogens is 312 g/mol. The molecule has 2 heterocycles. The Hall–Kier alpha value is -2.56. The molecule has 1 N–H and O–H groups in total. The molecule has 1 aliphatic rings. The summed E-state index contributed by atoms with van der Waals surface area (Å²) in [5.74, 6) is 0.498. The summed E-state index contributed by atoms with van der Waals surface area (Å²) in [6.07, 6.45) is 3.48. The zero-order chi connectivity index (χ0) is 17.6. The molecule has 0 saturated carbocycles. The Morgan fingerprint density at radius 1 is 1.08 bits per heavy atom. The number of benzene rings is 1. The molecule has 0 aliphatic carbocycles. The molecule has 3 rings (SSSR count). The van der Waals surface area contributed by atoms with Crippen LogP contribution in [-0.4, -0.2) is 42.1 Å². The van der Waals surface area contributed by atoms with Gasteiger partial charge in [0.25, 0.3) is 0 Å². The van der Waals surface area contributed by atoms with Gasteiger partial charge in [-0.2, -0.15) is 0 Å². The van der Waals surface area contributed by atoms with Crippen molar-refractivity contribution in [1.82, 2.24) is 15.2 Å². The van der Waals surface area contributed by atoms with E-state index in [1.165, 1.54) is 11.3 Å². The van der Waals surface area contributed by atoms with Gasteiger partial charge < -0.3 is 15.1 Å². The van der Waals surface area contributed by atoms with Crippen LogP contribution < -0.4 is 10.2 Å². The number of anilines is 1. The molecule has 132 valence electrons.